The van der Waals surface area contributed by atoms with E-state index in [-0.39, 0.29) is 31.1 Å². The van der Waals surface area contributed by atoms with Gasteiger partial charge in [0.2, 0.25) is 0 Å². The molecule has 0 amide bonds. The zero-order valence-electron chi connectivity index (χ0n) is 18.1. The minimum absolute atomic E-state index is 0.0625. The van der Waals surface area contributed by atoms with Crippen LogP contribution in [0.2, 0.25) is 0 Å². The molecule has 0 atom stereocenters. The summed E-state index contributed by atoms with van der Waals surface area (Å²) in [5.74, 6) is 0.373. The number of thiol groups is 2. The molecule has 0 spiro atoms. The number of oxime groups is 2. The first-order valence-corrected chi connectivity index (χ1v) is 11.9. The number of rotatable bonds is 12. The molecule has 18 heteroatoms. The van der Waals surface area contributed by atoms with Crippen LogP contribution >= 0.6 is 0 Å². The molecule has 0 aliphatic rings. The predicted octanol–water partition coefficient (Wildman–Crippen LogP) is 3.15. The Labute approximate surface area is 208 Å². The Kier molecular flexibility index (Phi) is 10.5. The van der Waals surface area contributed by atoms with Gasteiger partial charge in [0.15, 0.2) is 11.4 Å². The Morgan fingerprint density at radius 1 is 0.622 bits per heavy atom. The third-order valence-corrected chi connectivity index (χ3v) is 4.45. The fraction of sp³-hybridized carbons (Fsp3) is 0.263. The van der Waals surface area contributed by atoms with Crippen molar-refractivity contribution < 1.29 is 61.2 Å². The average Bonchev–Trinajstić information content (AvgIpc) is 2.79. The van der Waals surface area contributed by atoms with E-state index in [0.29, 0.717) is 0 Å². The summed E-state index contributed by atoms with van der Waals surface area (Å²) in [4.78, 5) is 0. The number of ether oxygens (including phenoxy) is 2. The number of halogens is 6. The normalized spacial score (nSPS) is 13.1. The summed E-state index contributed by atoms with van der Waals surface area (Å²) >= 11 is 0. The van der Waals surface area contributed by atoms with Crippen molar-refractivity contribution in [1.29, 1.82) is 0 Å². The van der Waals surface area contributed by atoms with Crippen molar-refractivity contribution in [2.24, 2.45) is 10.3 Å². The van der Waals surface area contributed by atoms with Crippen LogP contribution in [0.15, 0.2) is 58.8 Å². The van der Waals surface area contributed by atoms with Gasteiger partial charge in [0, 0.05) is 17.5 Å². The van der Waals surface area contributed by atoms with Gasteiger partial charge in [-0.2, -0.15) is 43.2 Å². The maximum atomic E-state index is 13.0. The minimum Gasteiger partial charge on any atom is -0.493 e. The molecule has 0 fully saturated rings. The lowest BCUT2D eigenvalue weighted by Crippen LogP contribution is -2.24. The Bertz CT molecular complexity index is 1140. The molecule has 0 bridgehead atoms. The Morgan fingerprint density at radius 2 is 0.946 bits per heavy atom. The Hall–Kier alpha value is -3.54. The van der Waals surface area contributed by atoms with Gasteiger partial charge in [0.1, 0.15) is 11.5 Å². The summed E-state index contributed by atoms with van der Waals surface area (Å²) in [6.07, 6.45) is -9.67. The summed E-state index contributed by atoms with van der Waals surface area (Å²) in [7, 11) is -7.24. The molecule has 204 valence electrons. The number of hydrogen-bond acceptors (Lipinski definition) is 10. The van der Waals surface area contributed by atoms with Gasteiger partial charge in [-0.15, -0.1) is 0 Å². The molecule has 2 rings (SSSR count). The van der Waals surface area contributed by atoms with E-state index in [0.717, 1.165) is 24.3 Å². The molecule has 0 aliphatic heterocycles. The summed E-state index contributed by atoms with van der Waals surface area (Å²) < 4.78 is 138. The standard InChI is InChI=1S/C19H16F6N2O8S2/c20-18(21,22)16(26-34-36(28)29)12-2-6-14(7-3-12)32-10-1-11-33-15-8-4-13(5-9-15)17(19(23,24)25)27-35-37(30)31/h2-9,36-37H,1,10-11H2/b26-16-,27-17-. The topological polar surface area (TPSA) is 130 Å². The third-order valence-electron chi connectivity index (χ3n) is 4.02. The molecular weight excluding hydrogens is 562 g/mol. The van der Waals surface area contributed by atoms with Gasteiger partial charge in [-0.05, 0) is 48.5 Å². The van der Waals surface area contributed by atoms with Crippen LogP contribution in [0.4, 0.5) is 26.3 Å². The molecule has 2 aromatic carbocycles. The fourth-order valence-corrected chi connectivity index (χ4v) is 2.84. The van der Waals surface area contributed by atoms with E-state index in [1.54, 1.807) is 0 Å². The predicted molar refractivity (Wildman–Crippen MR) is 116 cm³/mol. The van der Waals surface area contributed by atoms with Gasteiger partial charge in [-0.1, -0.05) is 10.3 Å². The highest BCUT2D eigenvalue weighted by molar-refractivity contribution is 7.67. The maximum absolute atomic E-state index is 13.0. The highest BCUT2D eigenvalue weighted by atomic mass is 32.2. The van der Waals surface area contributed by atoms with Crippen LogP contribution in [0.3, 0.4) is 0 Å². The Balaban J connectivity index is 1.88. The summed E-state index contributed by atoms with van der Waals surface area (Å²) in [6.45, 7) is 0.125. The number of nitrogens with zero attached hydrogens (tertiary/aromatic N) is 2. The van der Waals surface area contributed by atoms with Crippen LogP contribution in [0.25, 0.3) is 0 Å². The van der Waals surface area contributed by atoms with Crippen molar-refractivity contribution in [2.45, 2.75) is 18.8 Å². The first-order valence-electron chi connectivity index (χ1n) is 9.67. The highest BCUT2D eigenvalue weighted by Crippen LogP contribution is 2.26. The minimum atomic E-state index is -4.98. The summed E-state index contributed by atoms with van der Waals surface area (Å²) in [6, 6.07) is 8.78. The lowest BCUT2D eigenvalue weighted by Gasteiger charge is -2.12. The smallest absolute Gasteiger partial charge is 0.437 e. The molecule has 0 heterocycles. The van der Waals surface area contributed by atoms with Crippen LogP contribution in [0.5, 0.6) is 11.5 Å². The van der Waals surface area contributed by atoms with E-state index in [1.807, 2.05) is 0 Å². The van der Waals surface area contributed by atoms with Crippen molar-refractivity contribution in [1.82, 2.24) is 0 Å². The van der Waals surface area contributed by atoms with Crippen molar-refractivity contribution >= 4 is 33.4 Å². The molecule has 10 nitrogen and oxygen atoms in total. The van der Waals surface area contributed by atoms with Gasteiger partial charge < -0.3 is 9.47 Å². The van der Waals surface area contributed by atoms with E-state index < -0.39 is 56.9 Å². The summed E-state index contributed by atoms with van der Waals surface area (Å²) in [5.41, 5.74) is -4.04. The molecule has 0 radical (unpaired) electrons. The van der Waals surface area contributed by atoms with E-state index in [4.69, 9.17) is 9.47 Å². The molecule has 0 aromatic heterocycles. The zero-order chi connectivity index (χ0) is 27.6. The van der Waals surface area contributed by atoms with Gasteiger partial charge in [0.25, 0.3) is 0 Å². The molecule has 0 N–H and O–H groups in total. The lowest BCUT2D eigenvalue weighted by atomic mass is 10.1. The van der Waals surface area contributed by atoms with E-state index in [1.165, 1.54) is 24.3 Å². The molecule has 0 saturated heterocycles. The van der Waals surface area contributed by atoms with Crippen LogP contribution in [-0.4, -0.2) is 53.8 Å². The first kappa shape index (κ1) is 29.7. The quantitative estimate of drug-likeness (QED) is 0.129. The number of benzene rings is 2. The first-order chi connectivity index (χ1) is 17.3. The summed E-state index contributed by atoms with van der Waals surface area (Å²) in [5, 5.41) is 5.20. The number of hydrogen-bond donors (Lipinski definition) is 2. The molecule has 0 aliphatic carbocycles. The zero-order valence-corrected chi connectivity index (χ0v) is 19.9. The molecule has 0 unspecified atom stereocenters. The monoisotopic (exact) mass is 578 g/mol. The third kappa shape index (κ3) is 10.2. The van der Waals surface area contributed by atoms with E-state index in [2.05, 4.69) is 18.9 Å². The van der Waals surface area contributed by atoms with Crippen LogP contribution in [-0.2, 0) is 30.5 Å². The van der Waals surface area contributed by atoms with Crippen LogP contribution in [0, 0.1) is 0 Å². The van der Waals surface area contributed by atoms with E-state index in [9.17, 15) is 43.2 Å². The van der Waals surface area contributed by atoms with Crippen molar-refractivity contribution in [3.63, 3.8) is 0 Å². The molecule has 2 aromatic rings. The second-order valence-corrected chi connectivity index (χ2v) is 7.81. The van der Waals surface area contributed by atoms with Crippen LogP contribution in [0.1, 0.15) is 17.5 Å². The van der Waals surface area contributed by atoms with Crippen molar-refractivity contribution in [3.05, 3.63) is 59.7 Å². The molecule has 37 heavy (non-hydrogen) atoms. The van der Waals surface area contributed by atoms with Gasteiger partial charge in [-0.3, -0.25) is 8.57 Å². The largest absolute Gasteiger partial charge is 0.493 e. The van der Waals surface area contributed by atoms with Gasteiger partial charge >= 0.3 is 34.3 Å². The maximum Gasteiger partial charge on any atom is 0.437 e. The van der Waals surface area contributed by atoms with E-state index >= 15 is 0 Å². The Morgan fingerprint density at radius 3 is 1.22 bits per heavy atom. The fourth-order valence-electron chi connectivity index (χ4n) is 2.54. The molecule has 0 saturated carbocycles. The molecular formula is C19H16F6N2O8S2. The van der Waals surface area contributed by atoms with Crippen molar-refractivity contribution in [2.75, 3.05) is 13.2 Å². The van der Waals surface area contributed by atoms with Gasteiger partial charge in [0.05, 0.1) is 13.2 Å². The lowest BCUT2D eigenvalue weighted by molar-refractivity contribution is -0.0606. The second kappa shape index (κ2) is 13.1. The second-order valence-electron chi connectivity index (χ2n) is 6.59. The highest BCUT2D eigenvalue weighted by Gasteiger charge is 2.39. The number of alkyl halides is 6. The van der Waals surface area contributed by atoms with Crippen molar-refractivity contribution in [3.8, 4) is 11.5 Å². The average molecular weight is 578 g/mol. The SMILES string of the molecule is O=[SH](=O)O/N=C(/c1ccc(OCCCOc2ccc(/C(=N/O[SH](=O)=O)C(F)(F)F)cc2)cc1)C(F)(F)F. The van der Waals surface area contributed by atoms with Gasteiger partial charge in [-0.25, -0.2) is 0 Å². The van der Waals surface area contributed by atoms with Crippen LogP contribution < -0.4 is 9.47 Å².